The molecular formula is C13H15F3N4O. The molecule has 1 aliphatic rings. The average Bonchev–Trinajstić information content (AvgIpc) is 2.87. The van der Waals surface area contributed by atoms with Crippen LogP contribution >= 0.6 is 0 Å². The Morgan fingerprint density at radius 2 is 2.00 bits per heavy atom. The third-order valence-electron chi connectivity index (χ3n) is 3.53. The minimum atomic E-state index is -4.38. The first-order valence-corrected chi connectivity index (χ1v) is 6.77. The van der Waals surface area contributed by atoms with Crippen molar-refractivity contribution < 1.29 is 17.9 Å². The van der Waals surface area contributed by atoms with E-state index < -0.39 is 11.7 Å². The van der Waals surface area contributed by atoms with Crippen molar-refractivity contribution in [3.8, 4) is 0 Å². The van der Waals surface area contributed by atoms with E-state index in [9.17, 15) is 13.2 Å². The maximum atomic E-state index is 12.7. The van der Waals surface area contributed by atoms with Gasteiger partial charge in [0.25, 0.3) is 0 Å². The van der Waals surface area contributed by atoms with Gasteiger partial charge in [-0.25, -0.2) is 0 Å². The molecule has 0 unspecified atom stereocenters. The van der Waals surface area contributed by atoms with Gasteiger partial charge in [-0.2, -0.15) is 13.2 Å². The van der Waals surface area contributed by atoms with Gasteiger partial charge in [0.1, 0.15) is 6.61 Å². The van der Waals surface area contributed by atoms with Crippen molar-refractivity contribution in [2.24, 2.45) is 0 Å². The molecule has 8 heteroatoms. The number of halogens is 3. The lowest BCUT2D eigenvalue weighted by atomic mass is 10.1. The molecule has 1 aliphatic heterocycles. The summed E-state index contributed by atoms with van der Waals surface area (Å²) in [6, 6.07) is 2.31. The predicted molar refractivity (Wildman–Crippen MR) is 68.7 cm³/mol. The lowest BCUT2D eigenvalue weighted by molar-refractivity contribution is -0.137. The van der Waals surface area contributed by atoms with Crippen LogP contribution < -0.4 is 5.32 Å². The molecule has 2 aromatic rings. The van der Waals surface area contributed by atoms with E-state index in [0.717, 1.165) is 38.2 Å². The van der Waals surface area contributed by atoms with Crippen LogP contribution in [0.5, 0.6) is 0 Å². The lowest BCUT2D eigenvalue weighted by Crippen LogP contribution is -2.32. The number of fused-ring (bicyclic) bond motifs is 1. The number of hydrogen-bond donors (Lipinski definition) is 1. The van der Waals surface area contributed by atoms with E-state index in [-0.39, 0.29) is 12.7 Å². The molecular weight excluding hydrogens is 285 g/mol. The number of hydrogen-bond acceptors (Lipinski definition) is 4. The summed E-state index contributed by atoms with van der Waals surface area (Å²) in [6.07, 6.45) is -1.47. The Labute approximate surface area is 119 Å². The highest BCUT2D eigenvalue weighted by atomic mass is 19.4. The molecule has 0 atom stereocenters. The monoisotopic (exact) mass is 300 g/mol. The Balaban J connectivity index is 1.78. The fourth-order valence-corrected chi connectivity index (χ4v) is 2.36. The standard InChI is InChI=1S/C13H15F3N4O/c14-13(15,16)9-1-2-11-18-19-12(20(11)7-9)8-21-10-3-5-17-6-4-10/h1-2,7,10,17H,3-6,8H2. The van der Waals surface area contributed by atoms with Crippen molar-refractivity contribution in [3.63, 3.8) is 0 Å². The molecule has 114 valence electrons. The number of alkyl halides is 3. The van der Waals surface area contributed by atoms with Gasteiger partial charge in [0.15, 0.2) is 11.5 Å². The normalized spacial score (nSPS) is 17.5. The van der Waals surface area contributed by atoms with Gasteiger partial charge in [-0.3, -0.25) is 4.40 Å². The van der Waals surface area contributed by atoms with E-state index in [0.29, 0.717) is 11.5 Å². The molecule has 2 aromatic heterocycles. The fraction of sp³-hybridized carbons (Fsp3) is 0.538. The summed E-state index contributed by atoms with van der Waals surface area (Å²) in [5.74, 6) is 0.384. The van der Waals surface area contributed by atoms with Gasteiger partial charge in [0.2, 0.25) is 0 Å². The molecule has 0 aliphatic carbocycles. The van der Waals surface area contributed by atoms with Crippen molar-refractivity contribution in [2.45, 2.75) is 31.7 Å². The van der Waals surface area contributed by atoms with Gasteiger partial charge in [0, 0.05) is 6.20 Å². The van der Waals surface area contributed by atoms with Crippen LogP contribution in [0.3, 0.4) is 0 Å². The predicted octanol–water partition coefficient (Wildman–Crippen LogP) is 2.02. The SMILES string of the molecule is FC(F)(F)c1ccc2nnc(COC3CCNCC3)n2c1. The number of piperidine rings is 1. The Hall–Kier alpha value is -1.67. The van der Waals surface area contributed by atoms with E-state index in [1.807, 2.05) is 0 Å². The Bertz CT molecular complexity index is 619. The topological polar surface area (TPSA) is 51.5 Å². The zero-order valence-corrected chi connectivity index (χ0v) is 11.2. The first-order chi connectivity index (χ1) is 10.0. The second-order valence-corrected chi connectivity index (χ2v) is 5.02. The Morgan fingerprint density at radius 3 is 2.71 bits per heavy atom. The van der Waals surface area contributed by atoms with Crippen molar-refractivity contribution >= 4 is 5.65 Å². The summed E-state index contributed by atoms with van der Waals surface area (Å²) in [5.41, 5.74) is -0.343. The maximum Gasteiger partial charge on any atom is 0.417 e. The number of aromatic nitrogens is 3. The minimum absolute atomic E-state index is 0.115. The Kier molecular flexibility index (Phi) is 3.81. The highest BCUT2D eigenvalue weighted by molar-refractivity contribution is 5.40. The summed E-state index contributed by atoms with van der Waals surface area (Å²) in [7, 11) is 0. The van der Waals surface area contributed by atoms with Gasteiger partial charge < -0.3 is 10.1 Å². The Morgan fingerprint density at radius 1 is 1.24 bits per heavy atom. The van der Waals surface area contributed by atoms with Crippen molar-refractivity contribution in [3.05, 3.63) is 29.7 Å². The van der Waals surface area contributed by atoms with Crippen molar-refractivity contribution in [2.75, 3.05) is 13.1 Å². The summed E-state index contributed by atoms with van der Waals surface area (Å²) in [5, 5.41) is 11.0. The van der Waals surface area contributed by atoms with E-state index in [4.69, 9.17) is 4.74 Å². The number of nitrogens with zero attached hydrogens (tertiary/aromatic N) is 3. The van der Waals surface area contributed by atoms with E-state index in [1.54, 1.807) is 0 Å². The summed E-state index contributed by atoms with van der Waals surface area (Å²) < 4.78 is 45.3. The highest BCUT2D eigenvalue weighted by Crippen LogP contribution is 2.29. The number of rotatable bonds is 3. The second-order valence-electron chi connectivity index (χ2n) is 5.02. The van der Waals surface area contributed by atoms with Gasteiger partial charge in [-0.15, -0.1) is 10.2 Å². The summed E-state index contributed by atoms with van der Waals surface area (Å²) >= 11 is 0. The zero-order chi connectivity index (χ0) is 14.9. The maximum absolute atomic E-state index is 12.7. The van der Waals surface area contributed by atoms with Gasteiger partial charge in [-0.1, -0.05) is 0 Å². The smallest absolute Gasteiger partial charge is 0.370 e. The first-order valence-electron chi connectivity index (χ1n) is 6.77. The van der Waals surface area contributed by atoms with Crippen LogP contribution in [-0.4, -0.2) is 33.8 Å². The van der Waals surface area contributed by atoms with Crippen LogP contribution in [0.4, 0.5) is 13.2 Å². The summed E-state index contributed by atoms with van der Waals surface area (Å²) in [6.45, 7) is 1.94. The molecule has 0 amide bonds. The molecule has 0 aromatic carbocycles. The van der Waals surface area contributed by atoms with Crippen molar-refractivity contribution in [1.82, 2.24) is 19.9 Å². The zero-order valence-electron chi connectivity index (χ0n) is 11.2. The third-order valence-corrected chi connectivity index (χ3v) is 3.53. The molecule has 5 nitrogen and oxygen atoms in total. The largest absolute Gasteiger partial charge is 0.417 e. The van der Waals surface area contributed by atoms with Crippen LogP contribution in [0.2, 0.25) is 0 Å². The van der Waals surface area contributed by atoms with Crippen LogP contribution in [0.15, 0.2) is 18.3 Å². The summed E-state index contributed by atoms with van der Waals surface area (Å²) in [4.78, 5) is 0. The number of ether oxygens (including phenoxy) is 1. The molecule has 1 fully saturated rings. The van der Waals surface area contributed by atoms with Crippen LogP contribution in [0.1, 0.15) is 24.2 Å². The molecule has 0 bridgehead atoms. The van der Waals surface area contributed by atoms with E-state index in [2.05, 4.69) is 15.5 Å². The van der Waals surface area contributed by atoms with Crippen LogP contribution in [-0.2, 0) is 17.5 Å². The molecule has 0 saturated carbocycles. The molecule has 3 heterocycles. The lowest BCUT2D eigenvalue weighted by Gasteiger charge is -2.22. The molecule has 21 heavy (non-hydrogen) atoms. The third kappa shape index (κ3) is 3.16. The van der Waals surface area contributed by atoms with Gasteiger partial charge in [0.05, 0.1) is 11.7 Å². The minimum Gasteiger partial charge on any atom is -0.370 e. The van der Waals surface area contributed by atoms with Crippen LogP contribution in [0, 0.1) is 0 Å². The number of nitrogens with one attached hydrogen (secondary N) is 1. The highest BCUT2D eigenvalue weighted by Gasteiger charge is 2.31. The second kappa shape index (κ2) is 5.61. The number of pyridine rings is 1. The molecule has 1 N–H and O–H groups in total. The average molecular weight is 300 g/mol. The van der Waals surface area contributed by atoms with Crippen molar-refractivity contribution in [1.29, 1.82) is 0 Å². The molecule has 3 rings (SSSR count). The van der Waals surface area contributed by atoms with Gasteiger partial charge in [-0.05, 0) is 38.1 Å². The fourth-order valence-electron chi connectivity index (χ4n) is 2.36. The molecule has 0 radical (unpaired) electrons. The molecule has 1 saturated heterocycles. The first kappa shape index (κ1) is 14.3. The molecule has 0 spiro atoms. The van der Waals surface area contributed by atoms with E-state index >= 15 is 0 Å². The quantitative estimate of drug-likeness (QED) is 0.942. The van der Waals surface area contributed by atoms with Crippen LogP contribution in [0.25, 0.3) is 5.65 Å². The van der Waals surface area contributed by atoms with Gasteiger partial charge >= 0.3 is 6.18 Å². The van der Waals surface area contributed by atoms with E-state index in [1.165, 1.54) is 10.5 Å².